The lowest BCUT2D eigenvalue weighted by Gasteiger charge is -2.15. The van der Waals surface area contributed by atoms with Crippen molar-refractivity contribution in [3.63, 3.8) is 0 Å². The highest BCUT2D eigenvalue weighted by Crippen LogP contribution is 2.25. The summed E-state index contributed by atoms with van der Waals surface area (Å²) in [5.74, 6) is -2.06. The minimum absolute atomic E-state index is 0.0783. The molecule has 1 atom stereocenters. The van der Waals surface area contributed by atoms with Crippen LogP contribution in [-0.2, 0) is 14.3 Å². The summed E-state index contributed by atoms with van der Waals surface area (Å²) in [6.07, 6.45) is 1.71. The maximum atomic E-state index is 13.2. The fourth-order valence-electron chi connectivity index (χ4n) is 3.79. The Hall–Kier alpha value is -3.17. The third-order valence-electron chi connectivity index (χ3n) is 5.78. The average Bonchev–Trinajstić information content (AvgIpc) is 3.43. The molecule has 0 radical (unpaired) electrons. The number of amides is 3. The lowest BCUT2D eigenvalue weighted by Crippen LogP contribution is -2.42. The van der Waals surface area contributed by atoms with Gasteiger partial charge in [0.2, 0.25) is 0 Å². The number of nitrogens with one attached hydrogen (secondary N) is 3. The molecule has 1 saturated heterocycles. The van der Waals surface area contributed by atoms with Crippen molar-refractivity contribution in [2.75, 3.05) is 23.9 Å². The van der Waals surface area contributed by atoms with Gasteiger partial charge in [-0.05, 0) is 68.1 Å². The van der Waals surface area contributed by atoms with Gasteiger partial charge in [0.1, 0.15) is 5.69 Å². The monoisotopic (exact) mass is 512 g/mol. The average molecular weight is 513 g/mol. The molecule has 0 aliphatic carbocycles. The highest BCUT2D eigenvalue weighted by molar-refractivity contribution is 9.10. The number of hydrogen-bond donors (Lipinski definition) is 3. The molecule has 9 heteroatoms. The van der Waals surface area contributed by atoms with Crippen LogP contribution in [0, 0.1) is 13.8 Å². The van der Waals surface area contributed by atoms with Gasteiger partial charge in [-0.1, -0.05) is 28.1 Å². The normalized spacial score (nSPS) is 15.4. The molecule has 172 valence electrons. The van der Waals surface area contributed by atoms with Crippen molar-refractivity contribution < 1.29 is 19.1 Å². The maximum absolute atomic E-state index is 13.2. The number of halogens is 1. The van der Waals surface area contributed by atoms with Gasteiger partial charge in [0.15, 0.2) is 0 Å². The number of ether oxygens (including phenoxy) is 1. The summed E-state index contributed by atoms with van der Waals surface area (Å²) < 4.78 is 7.65. The summed E-state index contributed by atoms with van der Waals surface area (Å²) in [7, 11) is 0. The van der Waals surface area contributed by atoms with Crippen LogP contribution in [0.15, 0.2) is 46.9 Å². The van der Waals surface area contributed by atoms with Crippen molar-refractivity contribution >= 4 is 50.2 Å². The predicted octanol–water partition coefficient (Wildman–Crippen LogP) is 3.64. The van der Waals surface area contributed by atoms with Crippen molar-refractivity contribution in [2.45, 2.75) is 32.8 Å². The minimum atomic E-state index is -0.866. The van der Waals surface area contributed by atoms with Gasteiger partial charge in [-0.25, -0.2) is 4.68 Å². The van der Waals surface area contributed by atoms with E-state index in [4.69, 9.17) is 4.74 Å². The smallest absolute Gasteiger partial charge is 0.328 e. The van der Waals surface area contributed by atoms with E-state index in [-0.39, 0.29) is 18.3 Å². The van der Waals surface area contributed by atoms with Crippen molar-refractivity contribution in [1.82, 2.24) is 9.99 Å². The van der Waals surface area contributed by atoms with E-state index < -0.39 is 17.7 Å². The van der Waals surface area contributed by atoms with Gasteiger partial charge in [-0.3, -0.25) is 19.8 Å². The molecule has 2 aromatic carbocycles. The first kappa shape index (κ1) is 23.0. The van der Waals surface area contributed by atoms with E-state index in [1.807, 2.05) is 38.1 Å². The highest BCUT2D eigenvalue weighted by atomic mass is 79.9. The molecule has 0 unspecified atom stereocenters. The lowest BCUT2D eigenvalue weighted by atomic mass is 10.1. The van der Waals surface area contributed by atoms with Gasteiger partial charge in [-0.15, -0.1) is 0 Å². The molecule has 3 aromatic rings. The lowest BCUT2D eigenvalue weighted by molar-refractivity contribution is -0.136. The number of rotatable bonds is 5. The zero-order valence-electron chi connectivity index (χ0n) is 18.4. The van der Waals surface area contributed by atoms with Gasteiger partial charge >= 0.3 is 11.8 Å². The molecule has 1 fully saturated rings. The van der Waals surface area contributed by atoms with Crippen molar-refractivity contribution in [3.05, 3.63) is 63.8 Å². The number of aryl methyl sites for hydroxylation is 1. The maximum Gasteiger partial charge on any atom is 0.328 e. The van der Waals surface area contributed by atoms with Gasteiger partial charge in [-0.2, -0.15) is 0 Å². The molecule has 2 heterocycles. The quantitative estimate of drug-likeness (QED) is 0.454. The van der Waals surface area contributed by atoms with Gasteiger partial charge in [0.05, 0.1) is 11.6 Å². The largest absolute Gasteiger partial charge is 0.376 e. The zero-order valence-corrected chi connectivity index (χ0v) is 20.0. The molecule has 1 aliphatic heterocycles. The summed E-state index contributed by atoms with van der Waals surface area (Å²) >= 11 is 3.43. The van der Waals surface area contributed by atoms with E-state index in [9.17, 15) is 14.4 Å². The molecule has 0 saturated carbocycles. The number of carbonyl (C=O) groups excluding carboxylic acids is 3. The van der Waals surface area contributed by atoms with Crippen LogP contribution >= 0.6 is 15.9 Å². The second kappa shape index (κ2) is 9.76. The van der Waals surface area contributed by atoms with Crippen molar-refractivity contribution in [3.8, 4) is 0 Å². The second-order valence-corrected chi connectivity index (χ2v) is 8.97. The number of anilines is 1. The number of hydrogen-bond acceptors (Lipinski definition) is 4. The third kappa shape index (κ3) is 5.09. The van der Waals surface area contributed by atoms with Gasteiger partial charge in [0.25, 0.3) is 5.91 Å². The third-order valence-corrected chi connectivity index (χ3v) is 6.28. The Morgan fingerprint density at radius 3 is 2.70 bits per heavy atom. The fourth-order valence-corrected chi connectivity index (χ4v) is 4.17. The summed E-state index contributed by atoms with van der Waals surface area (Å²) in [6.45, 7) is 4.83. The van der Waals surface area contributed by atoms with Crippen LogP contribution in [0.25, 0.3) is 10.9 Å². The molecule has 8 nitrogen and oxygen atoms in total. The summed E-state index contributed by atoms with van der Waals surface area (Å²) in [4.78, 5) is 38.2. The van der Waals surface area contributed by atoms with Crippen molar-refractivity contribution in [1.29, 1.82) is 0 Å². The predicted molar refractivity (Wildman–Crippen MR) is 130 cm³/mol. The minimum Gasteiger partial charge on any atom is -0.376 e. The molecular weight excluding hydrogens is 488 g/mol. The van der Waals surface area contributed by atoms with Crippen LogP contribution in [0.4, 0.5) is 5.69 Å². The number of carbonyl (C=O) groups is 3. The molecule has 33 heavy (non-hydrogen) atoms. The summed E-state index contributed by atoms with van der Waals surface area (Å²) in [5.41, 5.74) is 6.04. The molecule has 1 aromatic heterocycles. The number of aromatic nitrogens is 1. The first-order valence-electron chi connectivity index (χ1n) is 10.7. The van der Waals surface area contributed by atoms with E-state index in [0.29, 0.717) is 17.8 Å². The number of benzene rings is 2. The molecule has 1 aliphatic rings. The molecule has 0 bridgehead atoms. The first-order chi connectivity index (χ1) is 15.8. The standard InChI is InChI=1S/C24H25BrN4O4/c1-14-5-3-7-19(15(14)2)27-22(30)21-12-16-11-17(25)8-9-20(16)29(21)28-24(32)23(31)26-13-18-6-4-10-33-18/h3,5,7-9,11-12,18H,4,6,10,13H2,1-2H3,(H,26,31)(H,27,30)(H,28,32)/t18-/m0/s1. The molecule has 4 rings (SSSR count). The Balaban J connectivity index is 1.58. The topological polar surface area (TPSA) is 101 Å². The van der Waals surface area contributed by atoms with Crippen LogP contribution in [0.5, 0.6) is 0 Å². The Morgan fingerprint density at radius 1 is 1.12 bits per heavy atom. The Morgan fingerprint density at radius 2 is 1.94 bits per heavy atom. The molecule has 3 amide bonds. The fraction of sp³-hybridized carbons (Fsp3) is 0.292. The van der Waals surface area contributed by atoms with E-state index in [0.717, 1.165) is 33.8 Å². The Labute approximate surface area is 199 Å². The number of nitrogens with zero attached hydrogens (tertiary/aromatic N) is 1. The van der Waals surface area contributed by atoms with Crippen LogP contribution in [0.3, 0.4) is 0 Å². The summed E-state index contributed by atoms with van der Waals surface area (Å²) in [5, 5.41) is 6.24. The van der Waals surface area contributed by atoms with E-state index in [1.54, 1.807) is 18.2 Å². The van der Waals surface area contributed by atoms with Crippen LogP contribution in [-0.4, -0.2) is 41.7 Å². The van der Waals surface area contributed by atoms with E-state index >= 15 is 0 Å². The van der Waals surface area contributed by atoms with Crippen LogP contribution < -0.4 is 16.1 Å². The Kier molecular flexibility index (Phi) is 6.80. The van der Waals surface area contributed by atoms with E-state index in [1.165, 1.54) is 4.68 Å². The summed E-state index contributed by atoms with van der Waals surface area (Å²) in [6, 6.07) is 12.7. The second-order valence-electron chi connectivity index (χ2n) is 8.06. The Bertz CT molecular complexity index is 1230. The van der Waals surface area contributed by atoms with Crippen LogP contribution in [0.1, 0.15) is 34.5 Å². The van der Waals surface area contributed by atoms with Crippen LogP contribution in [0.2, 0.25) is 0 Å². The molecular formula is C24H25BrN4O4. The molecule has 3 N–H and O–H groups in total. The van der Waals surface area contributed by atoms with Gasteiger partial charge < -0.3 is 15.4 Å². The first-order valence-corrected chi connectivity index (χ1v) is 11.5. The SMILES string of the molecule is Cc1cccc(NC(=O)c2cc3cc(Br)ccc3n2NC(=O)C(=O)NC[C@@H]2CCCO2)c1C. The number of fused-ring (bicyclic) bond motifs is 1. The van der Waals surface area contributed by atoms with E-state index in [2.05, 4.69) is 32.0 Å². The highest BCUT2D eigenvalue weighted by Gasteiger charge is 2.23. The van der Waals surface area contributed by atoms with Crippen molar-refractivity contribution in [2.24, 2.45) is 0 Å². The zero-order chi connectivity index (χ0) is 23.5. The molecule has 0 spiro atoms. The van der Waals surface area contributed by atoms with Gasteiger partial charge in [0, 0.05) is 28.7 Å².